The second kappa shape index (κ2) is 4.12. The Morgan fingerprint density at radius 1 is 1.67 bits per heavy atom. The number of nitrogens with one attached hydrogen (secondary N) is 1. The quantitative estimate of drug-likeness (QED) is 0.754. The maximum absolute atomic E-state index is 13.0. The lowest BCUT2D eigenvalue weighted by atomic mass is 10.1. The molecule has 1 aromatic heterocycles. The molecule has 2 rings (SSSR count). The molecule has 0 aliphatic carbocycles. The SMILES string of the molecule is COc1ncc(F)cc1[C@H]1C[C@@H](O)CN1. The Bertz CT molecular complexity index is 359. The Morgan fingerprint density at radius 3 is 3.07 bits per heavy atom. The first-order valence-corrected chi connectivity index (χ1v) is 4.81. The number of ether oxygens (including phenoxy) is 1. The molecule has 0 spiro atoms. The highest BCUT2D eigenvalue weighted by atomic mass is 19.1. The summed E-state index contributed by atoms with van der Waals surface area (Å²) in [4.78, 5) is 3.85. The van der Waals surface area contributed by atoms with E-state index in [0.717, 1.165) is 6.20 Å². The Morgan fingerprint density at radius 2 is 2.47 bits per heavy atom. The highest BCUT2D eigenvalue weighted by molar-refractivity contribution is 5.30. The molecule has 1 aliphatic rings. The van der Waals surface area contributed by atoms with Crippen LogP contribution in [0.3, 0.4) is 0 Å². The summed E-state index contributed by atoms with van der Waals surface area (Å²) >= 11 is 0. The Balaban J connectivity index is 2.29. The minimum Gasteiger partial charge on any atom is -0.481 e. The van der Waals surface area contributed by atoms with Gasteiger partial charge in [-0.2, -0.15) is 0 Å². The van der Waals surface area contributed by atoms with Gasteiger partial charge in [-0.25, -0.2) is 9.37 Å². The molecule has 0 radical (unpaired) electrons. The number of aliphatic hydroxyl groups is 1. The van der Waals surface area contributed by atoms with E-state index in [4.69, 9.17) is 4.74 Å². The number of nitrogens with zero attached hydrogens (tertiary/aromatic N) is 1. The number of β-amino-alcohol motifs (C(OH)–C–C–N with tert-alkyl or cyclic N) is 1. The largest absolute Gasteiger partial charge is 0.481 e. The van der Waals surface area contributed by atoms with Gasteiger partial charge in [0, 0.05) is 18.2 Å². The third kappa shape index (κ3) is 2.08. The highest BCUT2D eigenvalue weighted by Gasteiger charge is 2.26. The Labute approximate surface area is 87.1 Å². The number of methoxy groups -OCH3 is 1. The molecule has 2 N–H and O–H groups in total. The summed E-state index contributed by atoms with van der Waals surface area (Å²) in [6, 6.07) is 1.31. The van der Waals surface area contributed by atoms with E-state index in [1.807, 2.05) is 0 Å². The van der Waals surface area contributed by atoms with E-state index in [0.29, 0.717) is 24.4 Å². The van der Waals surface area contributed by atoms with E-state index < -0.39 is 5.82 Å². The molecule has 0 saturated carbocycles. The van der Waals surface area contributed by atoms with Crippen LogP contribution in [0.5, 0.6) is 5.88 Å². The van der Waals surface area contributed by atoms with Crippen LogP contribution in [0.15, 0.2) is 12.3 Å². The molecule has 15 heavy (non-hydrogen) atoms. The average molecular weight is 212 g/mol. The summed E-state index contributed by atoms with van der Waals surface area (Å²) < 4.78 is 18.1. The fourth-order valence-electron chi connectivity index (χ4n) is 1.82. The lowest BCUT2D eigenvalue weighted by Crippen LogP contribution is -2.16. The van der Waals surface area contributed by atoms with Gasteiger partial charge >= 0.3 is 0 Å². The van der Waals surface area contributed by atoms with Crippen LogP contribution in [0.1, 0.15) is 18.0 Å². The molecular formula is C10H13FN2O2. The fraction of sp³-hybridized carbons (Fsp3) is 0.500. The topological polar surface area (TPSA) is 54.4 Å². The van der Waals surface area contributed by atoms with Crippen molar-refractivity contribution in [2.75, 3.05) is 13.7 Å². The van der Waals surface area contributed by atoms with Crippen LogP contribution >= 0.6 is 0 Å². The van der Waals surface area contributed by atoms with Crippen molar-refractivity contribution in [3.63, 3.8) is 0 Å². The van der Waals surface area contributed by atoms with Crippen LogP contribution in [0, 0.1) is 5.82 Å². The average Bonchev–Trinajstić information content (AvgIpc) is 2.65. The molecule has 82 valence electrons. The van der Waals surface area contributed by atoms with Crippen molar-refractivity contribution >= 4 is 0 Å². The monoisotopic (exact) mass is 212 g/mol. The van der Waals surface area contributed by atoms with E-state index in [1.165, 1.54) is 13.2 Å². The fourth-order valence-corrected chi connectivity index (χ4v) is 1.82. The molecule has 1 saturated heterocycles. The summed E-state index contributed by atoms with van der Waals surface area (Å²) in [5.74, 6) is 0.0111. The molecule has 0 bridgehead atoms. The molecule has 0 amide bonds. The van der Waals surface area contributed by atoms with Crippen LogP contribution in [0.4, 0.5) is 4.39 Å². The van der Waals surface area contributed by atoms with E-state index >= 15 is 0 Å². The maximum atomic E-state index is 13.0. The van der Waals surface area contributed by atoms with Gasteiger partial charge in [0.1, 0.15) is 5.82 Å². The van der Waals surface area contributed by atoms with Crippen molar-refractivity contribution in [2.24, 2.45) is 0 Å². The lowest BCUT2D eigenvalue weighted by Gasteiger charge is -2.13. The van der Waals surface area contributed by atoms with Crippen molar-refractivity contribution in [1.82, 2.24) is 10.3 Å². The molecular weight excluding hydrogens is 199 g/mol. The molecule has 5 heteroatoms. The van der Waals surface area contributed by atoms with E-state index in [2.05, 4.69) is 10.3 Å². The van der Waals surface area contributed by atoms with E-state index in [1.54, 1.807) is 0 Å². The first-order valence-electron chi connectivity index (χ1n) is 4.81. The highest BCUT2D eigenvalue weighted by Crippen LogP contribution is 2.29. The van der Waals surface area contributed by atoms with Gasteiger partial charge in [-0.1, -0.05) is 0 Å². The van der Waals surface area contributed by atoms with Gasteiger partial charge in [-0.3, -0.25) is 0 Å². The van der Waals surface area contributed by atoms with Crippen molar-refractivity contribution in [3.8, 4) is 5.88 Å². The van der Waals surface area contributed by atoms with Crippen LogP contribution < -0.4 is 10.1 Å². The van der Waals surface area contributed by atoms with Gasteiger partial charge in [-0.05, 0) is 12.5 Å². The van der Waals surface area contributed by atoms with Gasteiger partial charge in [-0.15, -0.1) is 0 Å². The first kappa shape index (κ1) is 10.3. The number of hydrogen-bond donors (Lipinski definition) is 2. The summed E-state index contributed by atoms with van der Waals surface area (Å²) in [6.07, 6.45) is 1.29. The van der Waals surface area contributed by atoms with E-state index in [9.17, 15) is 9.50 Å². The molecule has 4 nitrogen and oxygen atoms in total. The number of pyridine rings is 1. The number of hydrogen-bond acceptors (Lipinski definition) is 4. The zero-order chi connectivity index (χ0) is 10.8. The molecule has 1 aliphatic heterocycles. The van der Waals surface area contributed by atoms with Crippen LogP contribution in [0.2, 0.25) is 0 Å². The van der Waals surface area contributed by atoms with E-state index in [-0.39, 0.29) is 12.1 Å². The second-order valence-electron chi connectivity index (χ2n) is 3.60. The smallest absolute Gasteiger partial charge is 0.218 e. The minimum absolute atomic E-state index is 0.0850. The molecule has 2 atom stereocenters. The Hall–Kier alpha value is -1.20. The molecule has 1 fully saturated rings. The molecule has 0 unspecified atom stereocenters. The van der Waals surface area contributed by atoms with Gasteiger partial charge in [0.15, 0.2) is 0 Å². The van der Waals surface area contributed by atoms with Gasteiger partial charge in [0.2, 0.25) is 5.88 Å². The van der Waals surface area contributed by atoms with Crippen LogP contribution in [0.25, 0.3) is 0 Å². The third-order valence-corrected chi connectivity index (χ3v) is 2.52. The standard InChI is InChI=1S/C10H13FN2O2/c1-15-10-8(2-6(11)4-13-10)9-3-7(14)5-12-9/h2,4,7,9,12,14H,3,5H2,1H3/t7-,9-/m1/s1. The van der Waals surface area contributed by atoms with Crippen molar-refractivity contribution in [3.05, 3.63) is 23.6 Å². The molecule has 0 aromatic carbocycles. The number of halogens is 1. The van der Waals surface area contributed by atoms with Crippen molar-refractivity contribution in [2.45, 2.75) is 18.6 Å². The summed E-state index contributed by atoms with van der Waals surface area (Å²) in [5, 5.41) is 12.5. The van der Waals surface area contributed by atoms with Crippen molar-refractivity contribution in [1.29, 1.82) is 0 Å². The Kier molecular flexibility index (Phi) is 2.83. The number of aromatic nitrogens is 1. The summed E-state index contributed by atoms with van der Waals surface area (Å²) in [7, 11) is 1.50. The number of aliphatic hydroxyl groups excluding tert-OH is 1. The lowest BCUT2D eigenvalue weighted by molar-refractivity contribution is 0.193. The van der Waals surface area contributed by atoms with Crippen molar-refractivity contribution < 1.29 is 14.2 Å². The van der Waals surface area contributed by atoms with Gasteiger partial charge in [0.25, 0.3) is 0 Å². The van der Waals surface area contributed by atoms with Gasteiger partial charge < -0.3 is 15.2 Å². The summed E-state index contributed by atoms with van der Waals surface area (Å²) in [6.45, 7) is 0.518. The summed E-state index contributed by atoms with van der Waals surface area (Å²) in [5.41, 5.74) is 0.661. The predicted octanol–water partition coefficient (Wildman–Crippen LogP) is 0.625. The minimum atomic E-state index is -0.394. The zero-order valence-electron chi connectivity index (χ0n) is 8.40. The first-order chi connectivity index (χ1) is 7.20. The normalized spacial score (nSPS) is 25.5. The zero-order valence-corrected chi connectivity index (χ0v) is 8.40. The maximum Gasteiger partial charge on any atom is 0.218 e. The molecule has 1 aromatic rings. The molecule has 2 heterocycles. The van der Waals surface area contributed by atoms with Crippen LogP contribution in [-0.2, 0) is 0 Å². The van der Waals surface area contributed by atoms with Crippen LogP contribution in [-0.4, -0.2) is 29.8 Å². The number of rotatable bonds is 2. The third-order valence-electron chi connectivity index (χ3n) is 2.52. The predicted molar refractivity (Wildman–Crippen MR) is 52.1 cm³/mol. The second-order valence-corrected chi connectivity index (χ2v) is 3.60. The van der Waals surface area contributed by atoms with Gasteiger partial charge in [0.05, 0.1) is 19.4 Å².